The van der Waals surface area contributed by atoms with Crippen LogP contribution in [-0.4, -0.2) is 16.8 Å². The quantitative estimate of drug-likeness (QED) is 0.931. The Balaban J connectivity index is 2.18. The van der Waals surface area contributed by atoms with Crippen molar-refractivity contribution in [3.63, 3.8) is 0 Å². The zero-order valence-electron chi connectivity index (χ0n) is 10.6. The Morgan fingerprint density at radius 2 is 2.17 bits per heavy atom. The molecule has 0 aliphatic heterocycles. The molecule has 0 fully saturated rings. The lowest BCUT2D eigenvalue weighted by Gasteiger charge is -2.13. The number of halogens is 1. The van der Waals surface area contributed by atoms with Crippen LogP contribution in [0, 0.1) is 0 Å². The van der Waals surface area contributed by atoms with Crippen molar-refractivity contribution in [1.82, 2.24) is 15.1 Å². The highest BCUT2D eigenvalue weighted by molar-refractivity contribution is 9.10. The predicted octanol–water partition coefficient (Wildman–Crippen LogP) is 3.61. The molecule has 0 amide bonds. The average molecular weight is 326 g/mol. The van der Waals surface area contributed by atoms with E-state index in [0.717, 1.165) is 9.37 Å². The summed E-state index contributed by atoms with van der Waals surface area (Å²) in [5.41, 5.74) is 1.27. The molecule has 0 aliphatic rings. The zero-order valence-corrected chi connectivity index (χ0v) is 13.0. The van der Waals surface area contributed by atoms with Crippen molar-refractivity contribution >= 4 is 27.7 Å². The summed E-state index contributed by atoms with van der Waals surface area (Å²) in [6, 6.07) is 6.80. The van der Waals surface area contributed by atoms with Crippen molar-refractivity contribution < 1.29 is 0 Å². The molecular formula is C13H16BrN3S. The van der Waals surface area contributed by atoms with Gasteiger partial charge in [-0.25, -0.2) is 0 Å². The molecule has 0 radical (unpaired) electrons. The molecule has 1 heterocycles. The number of nitrogens with one attached hydrogen (secondary N) is 1. The highest BCUT2D eigenvalue weighted by Crippen LogP contribution is 2.32. The second kappa shape index (κ2) is 5.91. The van der Waals surface area contributed by atoms with Gasteiger partial charge >= 0.3 is 0 Å². The maximum Gasteiger partial charge on any atom is 0.0629 e. The monoisotopic (exact) mass is 325 g/mol. The van der Waals surface area contributed by atoms with Crippen LogP contribution >= 0.6 is 27.7 Å². The van der Waals surface area contributed by atoms with Crippen LogP contribution in [0.2, 0.25) is 0 Å². The van der Waals surface area contributed by atoms with Gasteiger partial charge in [-0.05, 0) is 31.7 Å². The van der Waals surface area contributed by atoms with Crippen molar-refractivity contribution in [2.24, 2.45) is 7.05 Å². The number of nitrogens with zero attached hydrogens (tertiary/aromatic N) is 2. The molecule has 1 atom stereocenters. The van der Waals surface area contributed by atoms with Crippen molar-refractivity contribution in [2.75, 3.05) is 7.05 Å². The van der Waals surface area contributed by atoms with Crippen molar-refractivity contribution in [2.45, 2.75) is 22.8 Å². The minimum atomic E-state index is 0.344. The molecular weight excluding hydrogens is 310 g/mol. The van der Waals surface area contributed by atoms with Crippen molar-refractivity contribution in [3.05, 3.63) is 40.6 Å². The van der Waals surface area contributed by atoms with Gasteiger partial charge in [0.1, 0.15) is 0 Å². The second-order valence-corrected chi connectivity index (χ2v) is 6.15. The van der Waals surface area contributed by atoms with Gasteiger partial charge in [0.25, 0.3) is 0 Å². The van der Waals surface area contributed by atoms with E-state index in [9.17, 15) is 0 Å². The van der Waals surface area contributed by atoms with Crippen LogP contribution in [0.3, 0.4) is 0 Å². The summed E-state index contributed by atoms with van der Waals surface area (Å²) in [6.45, 7) is 2.15. The number of rotatable bonds is 4. The lowest BCUT2D eigenvalue weighted by Crippen LogP contribution is -2.12. The van der Waals surface area contributed by atoms with Crippen LogP contribution in [0.1, 0.15) is 18.5 Å². The molecule has 3 nitrogen and oxygen atoms in total. The molecule has 5 heteroatoms. The fourth-order valence-corrected chi connectivity index (χ4v) is 3.43. The average Bonchev–Trinajstić information content (AvgIpc) is 2.74. The van der Waals surface area contributed by atoms with Crippen LogP contribution in [0.5, 0.6) is 0 Å². The third-order valence-corrected chi connectivity index (χ3v) is 4.41. The summed E-state index contributed by atoms with van der Waals surface area (Å²) in [5.74, 6) is 0. The molecule has 0 aliphatic carbocycles. The smallest absolute Gasteiger partial charge is 0.0629 e. The van der Waals surface area contributed by atoms with Crippen LogP contribution in [0.15, 0.2) is 44.9 Å². The van der Waals surface area contributed by atoms with Gasteiger partial charge in [0.05, 0.1) is 11.1 Å². The van der Waals surface area contributed by atoms with E-state index < -0.39 is 0 Å². The van der Waals surface area contributed by atoms with E-state index in [1.54, 1.807) is 11.8 Å². The largest absolute Gasteiger partial charge is 0.313 e. The van der Waals surface area contributed by atoms with Gasteiger partial charge in [-0.2, -0.15) is 5.10 Å². The van der Waals surface area contributed by atoms with Gasteiger partial charge in [-0.3, -0.25) is 4.68 Å². The maximum absolute atomic E-state index is 4.17. The van der Waals surface area contributed by atoms with E-state index in [2.05, 4.69) is 51.5 Å². The van der Waals surface area contributed by atoms with Crippen LogP contribution in [0.25, 0.3) is 0 Å². The Bertz CT molecular complexity index is 539. The van der Waals surface area contributed by atoms with Gasteiger partial charge in [-0.1, -0.05) is 33.8 Å². The first-order chi connectivity index (χ1) is 8.60. The number of aromatic nitrogens is 2. The van der Waals surface area contributed by atoms with E-state index in [0.29, 0.717) is 6.04 Å². The molecule has 1 unspecified atom stereocenters. The number of aryl methyl sites for hydroxylation is 1. The summed E-state index contributed by atoms with van der Waals surface area (Å²) >= 11 is 5.35. The Morgan fingerprint density at radius 3 is 2.72 bits per heavy atom. The molecule has 2 rings (SSSR count). The molecule has 1 aromatic carbocycles. The number of benzene rings is 1. The van der Waals surface area contributed by atoms with Gasteiger partial charge in [0.15, 0.2) is 0 Å². The van der Waals surface area contributed by atoms with Crippen LogP contribution in [0.4, 0.5) is 0 Å². The zero-order chi connectivity index (χ0) is 13.1. The standard InChI is InChI=1S/C13H16BrN3S/c1-9(15-2)12-5-4-10(6-13(12)14)18-11-7-16-17(3)8-11/h4-9,15H,1-3H3. The van der Waals surface area contributed by atoms with Gasteiger partial charge in [0.2, 0.25) is 0 Å². The van der Waals surface area contributed by atoms with Gasteiger partial charge < -0.3 is 5.32 Å². The second-order valence-electron chi connectivity index (χ2n) is 4.15. The fourth-order valence-electron chi connectivity index (χ4n) is 1.67. The summed E-state index contributed by atoms with van der Waals surface area (Å²) in [6.07, 6.45) is 3.89. The summed E-state index contributed by atoms with van der Waals surface area (Å²) in [4.78, 5) is 2.36. The Morgan fingerprint density at radius 1 is 1.39 bits per heavy atom. The lowest BCUT2D eigenvalue weighted by molar-refractivity contribution is 0.649. The fraction of sp³-hybridized carbons (Fsp3) is 0.308. The minimum absolute atomic E-state index is 0.344. The van der Waals surface area contributed by atoms with E-state index >= 15 is 0 Å². The van der Waals surface area contributed by atoms with Crippen LogP contribution < -0.4 is 5.32 Å². The van der Waals surface area contributed by atoms with Gasteiger partial charge in [0, 0.05) is 28.7 Å². The SMILES string of the molecule is CNC(C)c1ccc(Sc2cnn(C)c2)cc1Br. The van der Waals surface area contributed by atoms with E-state index in [4.69, 9.17) is 0 Å². The summed E-state index contributed by atoms with van der Waals surface area (Å²) < 4.78 is 2.95. The predicted molar refractivity (Wildman–Crippen MR) is 78.9 cm³/mol. The normalized spacial score (nSPS) is 12.7. The molecule has 1 N–H and O–H groups in total. The number of hydrogen-bond donors (Lipinski definition) is 1. The molecule has 18 heavy (non-hydrogen) atoms. The molecule has 96 valence electrons. The molecule has 0 saturated carbocycles. The van der Waals surface area contributed by atoms with E-state index in [1.165, 1.54) is 10.5 Å². The third kappa shape index (κ3) is 3.16. The van der Waals surface area contributed by atoms with Gasteiger partial charge in [-0.15, -0.1) is 0 Å². The number of hydrogen-bond acceptors (Lipinski definition) is 3. The Hall–Kier alpha value is -0.780. The molecule has 0 bridgehead atoms. The van der Waals surface area contributed by atoms with Crippen molar-refractivity contribution in [3.8, 4) is 0 Å². The Labute approximate surface area is 120 Å². The topological polar surface area (TPSA) is 29.9 Å². The van der Waals surface area contributed by atoms with E-state index in [-0.39, 0.29) is 0 Å². The molecule has 1 aromatic heterocycles. The van der Waals surface area contributed by atoms with E-state index in [1.807, 2.05) is 31.2 Å². The first-order valence-corrected chi connectivity index (χ1v) is 7.34. The molecule has 2 aromatic rings. The van der Waals surface area contributed by atoms with Crippen LogP contribution in [-0.2, 0) is 7.05 Å². The molecule has 0 spiro atoms. The first kappa shape index (κ1) is 13.6. The van der Waals surface area contributed by atoms with Crippen molar-refractivity contribution in [1.29, 1.82) is 0 Å². The highest BCUT2D eigenvalue weighted by atomic mass is 79.9. The summed E-state index contributed by atoms with van der Waals surface area (Å²) in [7, 11) is 3.90. The lowest BCUT2D eigenvalue weighted by atomic mass is 10.1. The third-order valence-electron chi connectivity index (χ3n) is 2.79. The maximum atomic E-state index is 4.17. The minimum Gasteiger partial charge on any atom is -0.313 e. The first-order valence-electron chi connectivity index (χ1n) is 5.73. The summed E-state index contributed by atoms with van der Waals surface area (Å²) in [5, 5.41) is 7.41. The highest BCUT2D eigenvalue weighted by Gasteiger charge is 2.08. The Kier molecular flexibility index (Phi) is 4.48. The molecule has 0 saturated heterocycles.